The normalized spacial score (nSPS) is 13.0. The highest BCUT2D eigenvalue weighted by Crippen LogP contribution is 2.40. The van der Waals surface area contributed by atoms with E-state index in [-0.39, 0.29) is 18.3 Å². The van der Waals surface area contributed by atoms with Gasteiger partial charge in [0.1, 0.15) is 23.6 Å². The molecule has 0 saturated heterocycles. The number of amides is 1. The number of ether oxygens (including phenoxy) is 1. The average molecular weight is 573 g/mol. The van der Waals surface area contributed by atoms with Crippen LogP contribution in [0.1, 0.15) is 54.6 Å². The van der Waals surface area contributed by atoms with Crippen LogP contribution in [-0.2, 0) is 33.7 Å². The SMILES string of the molecule is CCOC(=O)CCc1cc(C2CC2)cn2cc(CNc3cc(NC(=O)Cc4ncn5ccc(Cl)cc45)ncn3)nc12. The van der Waals surface area contributed by atoms with Gasteiger partial charge in [0.05, 0.1) is 42.8 Å². The highest BCUT2D eigenvalue weighted by Gasteiger charge is 2.25. The van der Waals surface area contributed by atoms with E-state index in [0.29, 0.717) is 54.3 Å². The van der Waals surface area contributed by atoms with Gasteiger partial charge in [-0.3, -0.25) is 9.59 Å². The molecule has 1 aliphatic carbocycles. The molecule has 5 aromatic heterocycles. The summed E-state index contributed by atoms with van der Waals surface area (Å²) in [6.45, 7) is 2.61. The van der Waals surface area contributed by atoms with E-state index in [1.807, 2.05) is 21.9 Å². The quantitative estimate of drug-likeness (QED) is 0.220. The Morgan fingerprint density at radius 3 is 2.78 bits per heavy atom. The summed E-state index contributed by atoms with van der Waals surface area (Å²) in [6.07, 6.45) is 12.3. The molecule has 5 aromatic rings. The third-order valence-corrected chi connectivity index (χ3v) is 7.18. The molecular formula is C29H29ClN8O3. The van der Waals surface area contributed by atoms with E-state index in [0.717, 1.165) is 22.4 Å². The Bertz CT molecular complexity index is 1740. The van der Waals surface area contributed by atoms with Crippen molar-refractivity contribution in [3.63, 3.8) is 0 Å². The van der Waals surface area contributed by atoms with Gasteiger partial charge >= 0.3 is 5.97 Å². The van der Waals surface area contributed by atoms with E-state index in [1.54, 1.807) is 30.7 Å². The molecule has 0 aliphatic heterocycles. The standard InChI is InChI=1S/C29H29ClN8O3/c1-2-41-28(40)6-5-19-9-20(18-3-4-18)14-38-15-22(35-29(19)38)13-31-25-12-26(33-16-32-25)36-27(39)11-23-24-10-21(30)7-8-37(24)17-34-23/h7-10,12,14-18H,2-6,11,13H2,1H3,(H2,31,32,33,36,39). The lowest BCUT2D eigenvalue weighted by molar-refractivity contribution is -0.143. The van der Waals surface area contributed by atoms with Crippen LogP contribution in [0.5, 0.6) is 0 Å². The Balaban J connectivity index is 1.12. The van der Waals surface area contributed by atoms with E-state index in [4.69, 9.17) is 21.3 Å². The van der Waals surface area contributed by atoms with Crippen molar-refractivity contribution in [1.29, 1.82) is 0 Å². The number of hydrogen-bond acceptors (Lipinski definition) is 8. The predicted molar refractivity (Wildman–Crippen MR) is 154 cm³/mol. The van der Waals surface area contributed by atoms with Crippen LogP contribution in [-0.4, -0.2) is 47.2 Å². The lowest BCUT2D eigenvalue weighted by Gasteiger charge is -2.07. The van der Waals surface area contributed by atoms with Crippen molar-refractivity contribution < 1.29 is 14.3 Å². The number of anilines is 2. The Kier molecular flexibility index (Phi) is 7.51. The first kappa shape index (κ1) is 26.7. The van der Waals surface area contributed by atoms with Crippen LogP contribution in [0.2, 0.25) is 5.02 Å². The van der Waals surface area contributed by atoms with Crippen LogP contribution < -0.4 is 10.6 Å². The maximum absolute atomic E-state index is 12.7. The molecule has 0 spiro atoms. The second-order valence-corrected chi connectivity index (χ2v) is 10.5. The fourth-order valence-electron chi connectivity index (χ4n) is 4.82. The maximum Gasteiger partial charge on any atom is 0.306 e. The van der Waals surface area contributed by atoms with E-state index in [9.17, 15) is 9.59 Å². The molecule has 1 fully saturated rings. The maximum atomic E-state index is 12.7. The number of halogens is 1. The minimum absolute atomic E-state index is 0.0756. The van der Waals surface area contributed by atoms with Gasteiger partial charge in [0.25, 0.3) is 0 Å². The van der Waals surface area contributed by atoms with Gasteiger partial charge in [-0.05, 0) is 55.4 Å². The van der Waals surface area contributed by atoms with Crippen LogP contribution in [0.25, 0.3) is 11.2 Å². The van der Waals surface area contributed by atoms with E-state index in [1.165, 1.54) is 24.7 Å². The zero-order chi connectivity index (χ0) is 28.3. The molecule has 0 radical (unpaired) electrons. The number of nitrogens with one attached hydrogen (secondary N) is 2. The summed E-state index contributed by atoms with van der Waals surface area (Å²) >= 11 is 6.11. The number of rotatable bonds is 11. The molecule has 12 heteroatoms. The molecule has 210 valence electrons. The van der Waals surface area contributed by atoms with Crippen molar-refractivity contribution in [2.75, 3.05) is 17.2 Å². The number of aromatic nitrogens is 6. The highest BCUT2D eigenvalue weighted by atomic mass is 35.5. The fraction of sp³-hybridized carbons (Fsp3) is 0.310. The van der Waals surface area contributed by atoms with Crippen molar-refractivity contribution in [1.82, 2.24) is 28.7 Å². The number of carbonyl (C=O) groups is 2. The van der Waals surface area contributed by atoms with Crippen LogP contribution >= 0.6 is 11.6 Å². The number of carbonyl (C=O) groups excluding carboxylic acids is 2. The molecular weight excluding hydrogens is 544 g/mol. The summed E-state index contributed by atoms with van der Waals surface area (Å²) in [4.78, 5) is 42.3. The summed E-state index contributed by atoms with van der Waals surface area (Å²) in [5.41, 5.74) is 5.36. The summed E-state index contributed by atoms with van der Waals surface area (Å²) < 4.78 is 8.98. The van der Waals surface area contributed by atoms with E-state index >= 15 is 0 Å². The molecule has 0 bridgehead atoms. The molecule has 2 N–H and O–H groups in total. The van der Waals surface area contributed by atoms with E-state index < -0.39 is 0 Å². The first-order chi connectivity index (χ1) is 19.9. The van der Waals surface area contributed by atoms with Gasteiger partial charge in [0, 0.05) is 36.1 Å². The largest absolute Gasteiger partial charge is 0.466 e. The number of hydrogen-bond donors (Lipinski definition) is 2. The summed E-state index contributed by atoms with van der Waals surface area (Å²) in [5, 5.41) is 6.65. The molecule has 11 nitrogen and oxygen atoms in total. The molecule has 1 saturated carbocycles. The van der Waals surface area contributed by atoms with Crippen molar-refractivity contribution in [3.8, 4) is 0 Å². The smallest absolute Gasteiger partial charge is 0.306 e. The van der Waals surface area contributed by atoms with Crippen molar-refractivity contribution in [2.45, 2.75) is 51.5 Å². The zero-order valence-corrected chi connectivity index (χ0v) is 23.3. The van der Waals surface area contributed by atoms with Gasteiger partial charge in [0.15, 0.2) is 0 Å². The molecule has 0 unspecified atom stereocenters. The molecule has 1 amide bonds. The van der Waals surface area contributed by atoms with Crippen LogP contribution in [0.4, 0.5) is 11.6 Å². The Hall–Kier alpha value is -4.51. The number of fused-ring (bicyclic) bond motifs is 2. The number of nitrogens with zero attached hydrogens (tertiary/aromatic N) is 6. The first-order valence-electron chi connectivity index (χ1n) is 13.6. The molecule has 6 rings (SSSR count). The lowest BCUT2D eigenvalue weighted by atomic mass is 10.1. The summed E-state index contributed by atoms with van der Waals surface area (Å²) in [6, 6.07) is 7.39. The van der Waals surface area contributed by atoms with Gasteiger partial charge in [0.2, 0.25) is 5.91 Å². The summed E-state index contributed by atoms with van der Waals surface area (Å²) in [5.74, 6) is 1.04. The van der Waals surface area contributed by atoms with E-state index in [2.05, 4.69) is 37.8 Å². The van der Waals surface area contributed by atoms with Gasteiger partial charge in [-0.15, -0.1) is 0 Å². The number of pyridine rings is 2. The molecule has 1 aliphatic rings. The third kappa shape index (κ3) is 6.30. The molecule has 0 atom stereocenters. The average Bonchev–Trinajstić information content (AvgIpc) is 3.62. The van der Waals surface area contributed by atoms with Crippen LogP contribution in [0.3, 0.4) is 0 Å². The molecule has 41 heavy (non-hydrogen) atoms. The van der Waals surface area contributed by atoms with Crippen molar-refractivity contribution in [3.05, 3.63) is 83.0 Å². The summed E-state index contributed by atoms with van der Waals surface area (Å²) in [7, 11) is 0. The number of esters is 1. The number of imidazole rings is 2. The Morgan fingerprint density at radius 2 is 1.95 bits per heavy atom. The van der Waals surface area contributed by atoms with Gasteiger partial charge in [-0.1, -0.05) is 17.7 Å². The molecule has 0 aromatic carbocycles. The Labute approximate surface area is 241 Å². The minimum atomic E-state index is -0.252. The van der Waals surface area contributed by atoms with Crippen molar-refractivity contribution in [2.24, 2.45) is 0 Å². The molecule has 5 heterocycles. The predicted octanol–water partition coefficient (Wildman–Crippen LogP) is 4.59. The van der Waals surface area contributed by atoms with Gasteiger partial charge in [-0.2, -0.15) is 0 Å². The van der Waals surface area contributed by atoms with Gasteiger partial charge in [-0.25, -0.2) is 19.9 Å². The second-order valence-electron chi connectivity index (χ2n) is 10.0. The minimum Gasteiger partial charge on any atom is -0.466 e. The zero-order valence-electron chi connectivity index (χ0n) is 22.5. The fourth-order valence-corrected chi connectivity index (χ4v) is 4.98. The Morgan fingerprint density at radius 1 is 1.10 bits per heavy atom. The topological polar surface area (TPSA) is 128 Å². The first-order valence-corrected chi connectivity index (χ1v) is 14.0. The van der Waals surface area contributed by atoms with Crippen molar-refractivity contribution >= 4 is 46.3 Å². The van der Waals surface area contributed by atoms with Crippen LogP contribution in [0, 0.1) is 0 Å². The number of aryl methyl sites for hydroxylation is 1. The monoisotopic (exact) mass is 572 g/mol. The lowest BCUT2D eigenvalue weighted by Crippen LogP contribution is -2.16. The van der Waals surface area contributed by atoms with Crippen LogP contribution in [0.15, 0.2) is 55.5 Å². The highest BCUT2D eigenvalue weighted by molar-refractivity contribution is 6.30. The second kappa shape index (κ2) is 11.5. The third-order valence-electron chi connectivity index (χ3n) is 6.94. The van der Waals surface area contributed by atoms with Gasteiger partial charge < -0.3 is 24.2 Å².